The van der Waals surface area contributed by atoms with Gasteiger partial charge in [-0.15, -0.1) is 0 Å². The molecule has 1 N–H and O–H groups in total. The summed E-state index contributed by atoms with van der Waals surface area (Å²) in [6.45, 7) is 4.60. The molecule has 1 aromatic heterocycles. The normalized spacial score (nSPS) is 11.1. The fourth-order valence-corrected chi connectivity index (χ4v) is 2.48. The molecule has 0 aliphatic carbocycles. The van der Waals surface area contributed by atoms with E-state index in [1.54, 1.807) is 18.2 Å². The summed E-state index contributed by atoms with van der Waals surface area (Å²) in [4.78, 5) is 0. The summed E-state index contributed by atoms with van der Waals surface area (Å²) in [5, 5.41) is 14.5. The molecule has 2 aromatic rings. The summed E-state index contributed by atoms with van der Waals surface area (Å²) in [6.07, 6.45) is 4.11. The van der Waals surface area contributed by atoms with Crippen LogP contribution in [0, 0.1) is 0 Å². The SMILES string of the molecule is CCC(CC)n1ccc(COc2ccc(Cl)cc2CO)n1. The molecule has 2 rings (SSSR count). The monoisotopic (exact) mass is 308 g/mol. The number of benzene rings is 1. The minimum Gasteiger partial charge on any atom is -0.487 e. The molecule has 114 valence electrons. The molecule has 1 heterocycles. The maximum absolute atomic E-state index is 9.32. The summed E-state index contributed by atoms with van der Waals surface area (Å²) < 4.78 is 7.73. The lowest BCUT2D eigenvalue weighted by Gasteiger charge is -2.12. The number of halogens is 1. The molecule has 0 radical (unpaired) electrons. The highest BCUT2D eigenvalue weighted by Gasteiger charge is 2.09. The lowest BCUT2D eigenvalue weighted by atomic mass is 10.2. The Kier molecular flexibility index (Phi) is 5.65. The summed E-state index contributed by atoms with van der Waals surface area (Å²) in [5.74, 6) is 0.638. The van der Waals surface area contributed by atoms with Gasteiger partial charge in [-0.2, -0.15) is 5.10 Å². The van der Waals surface area contributed by atoms with Crippen molar-refractivity contribution in [3.63, 3.8) is 0 Å². The molecule has 0 spiro atoms. The van der Waals surface area contributed by atoms with E-state index in [9.17, 15) is 5.11 Å². The highest BCUT2D eigenvalue weighted by molar-refractivity contribution is 6.30. The van der Waals surface area contributed by atoms with Gasteiger partial charge in [0.25, 0.3) is 0 Å². The zero-order valence-electron chi connectivity index (χ0n) is 12.4. The smallest absolute Gasteiger partial charge is 0.132 e. The van der Waals surface area contributed by atoms with Crippen molar-refractivity contribution in [2.75, 3.05) is 0 Å². The van der Waals surface area contributed by atoms with Gasteiger partial charge in [-0.1, -0.05) is 25.4 Å². The van der Waals surface area contributed by atoms with Crippen molar-refractivity contribution < 1.29 is 9.84 Å². The minimum atomic E-state index is -0.0991. The van der Waals surface area contributed by atoms with Crippen LogP contribution < -0.4 is 4.74 Å². The zero-order valence-corrected chi connectivity index (χ0v) is 13.2. The van der Waals surface area contributed by atoms with Gasteiger partial charge in [0.1, 0.15) is 12.4 Å². The quantitative estimate of drug-likeness (QED) is 0.842. The number of rotatable bonds is 7. The Hall–Kier alpha value is -1.52. The second kappa shape index (κ2) is 7.48. The lowest BCUT2D eigenvalue weighted by Crippen LogP contribution is -2.08. The third-order valence-corrected chi connectivity index (χ3v) is 3.78. The van der Waals surface area contributed by atoms with Gasteiger partial charge in [0.15, 0.2) is 0 Å². The van der Waals surface area contributed by atoms with Gasteiger partial charge in [0.2, 0.25) is 0 Å². The number of hydrogen-bond donors (Lipinski definition) is 1. The first-order valence-electron chi connectivity index (χ1n) is 7.24. The molecule has 5 heteroatoms. The van der Waals surface area contributed by atoms with Crippen molar-refractivity contribution in [2.24, 2.45) is 0 Å². The molecule has 0 amide bonds. The fourth-order valence-electron chi connectivity index (χ4n) is 2.28. The number of nitrogens with zero attached hydrogens (tertiary/aromatic N) is 2. The Morgan fingerprint density at radius 1 is 1.29 bits per heavy atom. The Bertz CT molecular complexity index is 579. The largest absolute Gasteiger partial charge is 0.487 e. The minimum absolute atomic E-state index is 0.0991. The van der Waals surface area contributed by atoms with Crippen molar-refractivity contribution in [3.8, 4) is 5.75 Å². The Balaban J connectivity index is 2.03. The summed E-state index contributed by atoms with van der Waals surface area (Å²) >= 11 is 5.90. The molecule has 0 atom stereocenters. The number of hydrogen-bond acceptors (Lipinski definition) is 3. The summed E-state index contributed by atoms with van der Waals surface area (Å²) in [7, 11) is 0. The molecule has 21 heavy (non-hydrogen) atoms. The molecule has 1 aromatic carbocycles. The first kappa shape index (κ1) is 15.9. The van der Waals surface area contributed by atoms with E-state index >= 15 is 0 Å². The van der Waals surface area contributed by atoms with E-state index in [1.807, 2.05) is 16.9 Å². The number of ether oxygens (including phenoxy) is 1. The molecule has 0 saturated heterocycles. The summed E-state index contributed by atoms with van der Waals surface area (Å²) in [5.41, 5.74) is 1.56. The third-order valence-electron chi connectivity index (χ3n) is 3.55. The molecule has 4 nitrogen and oxygen atoms in total. The first-order chi connectivity index (χ1) is 10.2. The maximum atomic E-state index is 9.32. The van der Waals surface area contributed by atoms with E-state index in [4.69, 9.17) is 16.3 Å². The lowest BCUT2D eigenvalue weighted by molar-refractivity contribution is 0.256. The molecule has 0 aliphatic heterocycles. The average Bonchev–Trinajstić information content (AvgIpc) is 2.96. The highest BCUT2D eigenvalue weighted by Crippen LogP contribution is 2.24. The molecule has 0 aliphatic rings. The van der Waals surface area contributed by atoms with Gasteiger partial charge in [-0.25, -0.2) is 0 Å². The van der Waals surface area contributed by atoms with Crippen LogP contribution in [-0.4, -0.2) is 14.9 Å². The van der Waals surface area contributed by atoms with Crippen molar-refractivity contribution >= 4 is 11.6 Å². The maximum Gasteiger partial charge on any atom is 0.132 e. The van der Waals surface area contributed by atoms with Crippen LogP contribution in [0.1, 0.15) is 44.0 Å². The van der Waals surface area contributed by atoms with Gasteiger partial charge < -0.3 is 9.84 Å². The number of aromatic nitrogens is 2. The second-order valence-electron chi connectivity index (χ2n) is 4.96. The van der Waals surface area contributed by atoms with Gasteiger partial charge >= 0.3 is 0 Å². The van der Waals surface area contributed by atoms with E-state index in [1.165, 1.54) is 0 Å². The van der Waals surface area contributed by atoms with Crippen LogP contribution in [0.5, 0.6) is 5.75 Å². The molecule has 0 unspecified atom stereocenters. The average molecular weight is 309 g/mol. The molecule has 0 fully saturated rings. The van der Waals surface area contributed by atoms with Crippen LogP contribution >= 0.6 is 11.6 Å². The third kappa shape index (κ3) is 3.99. The predicted molar refractivity (Wildman–Crippen MR) is 83.6 cm³/mol. The van der Waals surface area contributed by atoms with Gasteiger partial charge in [-0.3, -0.25) is 4.68 Å². The first-order valence-corrected chi connectivity index (χ1v) is 7.61. The van der Waals surface area contributed by atoms with E-state index in [0.29, 0.717) is 29.0 Å². The van der Waals surface area contributed by atoms with Crippen LogP contribution in [0.15, 0.2) is 30.5 Å². The number of aliphatic hydroxyl groups is 1. The van der Waals surface area contributed by atoms with Crippen molar-refractivity contribution in [1.29, 1.82) is 0 Å². The highest BCUT2D eigenvalue weighted by atomic mass is 35.5. The molecule has 0 bridgehead atoms. The van der Waals surface area contributed by atoms with Crippen LogP contribution in [-0.2, 0) is 13.2 Å². The van der Waals surface area contributed by atoms with Gasteiger partial charge in [-0.05, 0) is 37.1 Å². The van der Waals surface area contributed by atoms with Gasteiger partial charge in [0.05, 0.1) is 18.3 Å². The van der Waals surface area contributed by atoms with Crippen LogP contribution in [0.2, 0.25) is 5.02 Å². The van der Waals surface area contributed by atoms with Crippen molar-refractivity contribution in [2.45, 2.75) is 45.9 Å². The van der Waals surface area contributed by atoms with Crippen LogP contribution in [0.4, 0.5) is 0 Å². The second-order valence-corrected chi connectivity index (χ2v) is 5.39. The zero-order chi connectivity index (χ0) is 15.2. The Morgan fingerprint density at radius 2 is 2.05 bits per heavy atom. The van der Waals surface area contributed by atoms with Crippen LogP contribution in [0.25, 0.3) is 0 Å². The molecular formula is C16H21ClN2O2. The Morgan fingerprint density at radius 3 is 2.71 bits per heavy atom. The van der Waals surface area contributed by atoms with E-state index in [0.717, 1.165) is 18.5 Å². The van der Waals surface area contributed by atoms with E-state index < -0.39 is 0 Å². The molecule has 0 saturated carbocycles. The topological polar surface area (TPSA) is 47.3 Å². The Labute approximate surface area is 130 Å². The van der Waals surface area contributed by atoms with Gasteiger partial charge in [0, 0.05) is 16.8 Å². The van der Waals surface area contributed by atoms with Crippen molar-refractivity contribution in [3.05, 3.63) is 46.7 Å². The van der Waals surface area contributed by atoms with E-state index in [2.05, 4.69) is 18.9 Å². The predicted octanol–water partition coefficient (Wildman–Crippen LogP) is 3.97. The summed E-state index contributed by atoms with van der Waals surface area (Å²) in [6, 6.07) is 7.62. The standard InChI is InChI=1S/C16H21ClN2O2/c1-3-15(4-2)19-8-7-14(18-19)11-21-16-6-5-13(17)9-12(16)10-20/h5-9,15,20H,3-4,10-11H2,1-2H3. The fraction of sp³-hybridized carbons (Fsp3) is 0.438. The number of aliphatic hydroxyl groups excluding tert-OH is 1. The van der Waals surface area contributed by atoms with E-state index in [-0.39, 0.29) is 6.61 Å². The van der Waals surface area contributed by atoms with Crippen LogP contribution in [0.3, 0.4) is 0 Å². The molecular weight excluding hydrogens is 288 g/mol. The van der Waals surface area contributed by atoms with Crippen molar-refractivity contribution in [1.82, 2.24) is 9.78 Å².